The topological polar surface area (TPSA) is 179 Å². The molecule has 0 bridgehead atoms. The molecular weight excluding hydrogens is 424 g/mol. The number of amides is 2. The van der Waals surface area contributed by atoms with E-state index in [1.807, 2.05) is 13.8 Å². The number of rotatable bonds is 14. The van der Waals surface area contributed by atoms with E-state index in [-0.39, 0.29) is 25.0 Å². The summed E-state index contributed by atoms with van der Waals surface area (Å²) < 4.78 is 4.94. The molecule has 2 amide bonds. The lowest BCUT2D eigenvalue weighted by Gasteiger charge is -2.19. The van der Waals surface area contributed by atoms with Gasteiger partial charge in [-0.25, -0.2) is 9.59 Å². The third-order valence-corrected chi connectivity index (χ3v) is 4.30. The van der Waals surface area contributed by atoms with Gasteiger partial charge in [-0.15, -0.1) is 0 Å². The minimum atomic E-state index is -2.06. The molecule has 0 spiro atoms. The number of carboxylic acids is 3. The molecule has 0 fully saturated rings. The Balaban J connectivity index is 2.86. The van der Waals surface area contributed by atoms with Gasteiger partial charge in [0.1, 0.15) is 11.8 Å². The van der Waals surface area contributed by atoms with Gasteiger partial charge in [0.2, 0.25) is 11.8 Å². The number of hydrogen-bond donors (Lipinski definition) is 5. The zero-order valence-corrected chi connectivity index (χ0v) is 17.9. The number of nitrogens with one attached hydrogen (secondary N) is 2. The quantitative estimate of drug-likeness (QED) is 0.253. The van der Waals surface area contributed by atoms with Gasteiger partial charge in [-0.1, -0.05) is 26.0 Å². The number of carbonyl (C=O) groups is 5. The molecule has 0 aliphatic rings. The van der Waals surface area contributed by atoms with Crippen molar-refractivity contribution in [1.29, 1.82) is 0 Å². The fourth-order valence-corrected chi connectivity index (χ4v) is 2.59. The van der Waals surface area contributed by atoms with Gasteiger partial charge in [0.05, 0.1) is 6.42 Å². The summed E-state index contributed by atoms with van der Waals surface area (Å²) in [5.74, 6) is -5.06. The van der Waals surface area contributed by atoms with Gasteiger partial charge in [0.15, 0.2) is 0 Å². The van der Waals surface area contributed by atoms with Crippen LogP contribution in [0.2, 0.25) is 0 Å². The Hall–Kier alpha value is -3.63. The van der Waals surface area contributed by atoms with Crippen molar-refractivity contribution >= 4 is 29.7 Å². The normalized spacial score (nSPS) is 11.6. The highest BCUT2D eigenvalue weighted by Crippen LogP contribution is 2.16. The minimum Gasteiger partial charge on any atom is -0.481 e. The van der Waals surface area contributed by atoms with Crippen molar-refractivity contribution < 1.29 is 44.0 Å². The molecule has 0 saturated heterocycles. The Morgan fingerprint density at radius 3 is 2.03 bits per heavy atom. The van der Waals surface area contributed by atoms with Crippen LogP contribution in [0.5, 0.6) is 5.75 Å². The fourth-order valence-electron chi connectivity index (χ4n) is 2.59. The van der Waals surface area contributed by atoms with Crippen molar-refractivity contribution in [1.82, 2.24) is 10.6 Å². The highest BCUT2D eigenvalue weighted by molar-refractivity contribution is 5.96. The molecule has 1 atom stereocenters. The van der Waals surface area contributed by atoms with Gasteiger partial charge in [-0.2, -0.15) is 0 Å². The van der Waals surface area contributed by atoms with Crippen LogP contribution in [0.4, 0.5) is 0 Å². The number of carbonyl (C=O) groups excluding carboxylic acids is 2. The van der Waals surface area contributed by atoms with Crippen molar-refractivity contribution in [2.45, 2.75) is 51.7 Å². The van der Waals surface area contributed by atoms with E-state index in [4.69, 9.17) is 20.1 Å². The number of ether oxygens (including phenoxy) is 1. The molecule has 1 aromatic carbocycles. The summed E-state index contributed by atoms with van der Waals surface area (Å²) in [6, 6.07) is 4.77. The molecule has 11 nitrogen and oxygen atoms in total. The molecule has 0 saturated carbocycles. The van der Waals surface area contributed by atoms with Crippen LogP contribution >= 0.6 is 0 Å². The second-order valence-corrected chi connectivity index (χ2v) is 7.51. The molecule has 0 unspecified atom stereocenters. The molecule has 32 heavy (non-hydrogen) atoms. The van der Waals surface area contributed by atoms with Crippen LogP contribution in [-0.2, 0) is 30.4 Å². The second-order valence-electron chi connectivity index (χ2n) is 7.51. The first-order valence-corrected chi connectivity index (χ1v) is 9.99. The molecule has 176 valence electrons. The zero-order chi connectivity index (χ0) is 24.3. The number of aliphatic carboxylic acids is 3. The van der Waals surface area contributed by atoms with Crippen molar-refractivity contribution in [2.75, 3.05) is 6.54 Å². The third-order valence-electron chi connectivity index (χ3n) is 4.30. The van der Waals surface area contributed by atoms with Crippen LogP contribution in [0.15, 0.2) is 24.3 Å². The molecule has 1 aromatic rings. The van der Waals surface area contributed by atoms with Crippen LogP contribution < -0.4 is 15.4 Å². The highest BCUT2D eigenvalue weighted by Gasteiger charge is 2.28. The maximum atomic E-state index is 12.6. The first-order chi connectivity index (χ1) is 15.0. The minimum absolute atomic E-state index is 0.00646. The molecule has 11 heteroatoms. The van der Waals surface area contributed by atoms with Crippen molar-refractivity contribution in [3.8, 4) is 5.75 Å². The third kappa shape index (κ3) is 9.92. The zero-order valence-electron chi connectivity index (χ0n) is 17.9. The number of carboxylic acid groups (broad SMARTS) is 3. The lowest BCUT2D eigenvalue weighted by atomic mass is 10.0. The van der Waals surface area contributed by atoms with Crippen molar-refractivity contribution in [3.05, 3.63) is 29.8 Å². The maximum Gasteiger partial charge on any atom is 0.356 e. The standard InChI is InChI=1S/C21H28N2O9/c1-12(2)9-10-22-19(27)15(23-16(24)7-8-17(25)26)11-13-3-5-14(6-4-13)32-18(20(28)29)21(30)31/h3-6,12,15,18H,7-11H2,1-2H3,(H,22,27)(H,23,24)(H,25,26)(H,28,29)(H,30,31)/t15-/m0/s1. The predicted molar refractivity (Wildman–Crippen MR) is 111 cm³/mol. The molecule has 1 rings (SSSR count). The fraction of sp³-hybridized carbons (Fsp3) is 0.476. The number of benzene rings is 1. The van der Waals surface area contributed by atoms with E-state index in [9.17, 15) is 24.0 Å². The average molecular weight is 452 g/mol. The molecule has 0 radical (unpaired) electrons. The van der Waals surface area contributed by atoms with E-state index in [0.717, 1.165) is 6.42 Å². The van der Waals surface area contributed by atoms with Crippen LogP contribution in [0.1, 0.15) is 38.7 Å². The van der Waals surface area contributed by atoms with Crippen molar-refractivity contribution in [3.63, 3.8) is 0 Å². The Bertz CT molecular complexity index is 807. The first-order valence-electron chi connectivity index (χ1n) is 9.99. The SMILES string of the molecule is CC(C)CCNC(=O)[C@H](Cc1ccc(OC(C(=O)O)C(=O)O)cc1)NC(=O)CCC(=O)O. The average Bonchev–Trinajstić information content (AvgIpc) is 2.70. The first kappa shape index (κ1) is 26.4. The van der Waals surface area contributed by atoms with E-state index >= 15 is 0 Å². The van der Waals surface area contributed by atoms with Gasteiger partial charge in [0, 0.05) is 19.4 Å². The van der Waals surface area contributed by atoms with Gasteiger partial charge in [-0.3, -0.25) is 14.4 Å². The van der Waals surface area contributed by atoms with Gasteiger partial charge < -0.3 is 30.7 Å². The summed E-state index contributed by atoms with van der Waals surface area (Å²) in [6.07, 6.45) is -1.88. The molecule has 0 heterocycles. The Kier molecular flexibility index (Phi) is 10.7. The smallest absolute Gasteiger partial charge is 0.356 e. The lowest BCUT2D eigenvalue weighted by Crippen LogP contribution is -2.48. The summed E-state index contributed by atoms with van der Waals surface area (Å²) in [7, 11) is 0. The Labute approximate surface area is 184 Å². The predicted octanol–water partition coefficient (Wildman–Crippen LogP) is 0.658. The van der Waals surface area contributed by atoms with E-state index in [0.29, 0.717) is 18.0 Å². The van der Waals surface area contributed by atoms with Crippen LogP contribution in [0, 0.1) is 5.92 Å². The van der Waals surface area contributed by atoms with Gasteiger partial charge in [-0.05, 0) is 30.0 Å². The largest absolute Gasteiger partial charge is 0.481 e. The van der Waals surface area contributed by atoms with Crippen molar-refractivity contribution in [2.24, 2.45) is 5.92 Å². The molecule has 0 aliphatic heterocycles. The molecule has 0 aromatic heterocycles. The van der Waals surface area contributed by atoms with Gasteiger partial charge in [0.25, 0.3) is 6.10 Å². The second kappa shape index (κ2) is 12.9. The van der Waals surface area contributed by atoms with Gasteiger partial charge >= 0.3 is 17.9 Å². The molecule has 5 N–H and O–H groups in total. The van der Waals surface area contributed by atoms with E-state index in [1.165, 1.54) is 24.3 Å². The lowest BCUT2D eigenvalue weighted by molar-refractivity contribution is -0.159. The van der Waals surface area contributed by atoms with E-state index in [1.54, 1.807) is 0 Å². The Morgan fingerprint density at radius 1 is 0.938 bits per heavy atom. The number of hydrogen-bond acceptors (Lipinski definition) is 6. The van der Waals surface area contributed by atoms with Crippen LogP contribution in [0.3, 0.4) is 0 Å². The summed E-state index contributed by atoms with van der Waals surface area (Å²) in [6.45, 7) is 4.41. The molecule has 0 aliphatic carbocycles. The summed E-state index contributed by atoms with van der Waals surface area (Å²) in [5, 5.41) is 31.8. The molecular formula is C21H28N2O9. The monoisotopic (exact) mass is 452 g/mol. The maximum absolute atomic E-state index is 12.6. The summed E-state index contributed by atoms with van der Waals surface area (Å²) in [4.78, 5) is 57.2. The van der Waals surface area contributed by atoms with E-state index < -0.39 is 41.9 Å². The highest BCUT2D eigenvalue weighted by atomic mass is 16.5. The van der Waals surface area contributed by atoms with E-state index in [2.05, 4.69) is 10.6 Å². The Morgan fingerprint density at radius 2 is 1.53 bits per heavy atom. The summed E-state index contributed by atoms with van der Waals surface area (Å²) in [5.41, 5.74) is 0.585. The summed E-state index contributed by atoms with van der Waals surface area (Å²) >= 11 is 0. The van der Waals surface area contributed by atoms with Crippen LogP contribution in [0.25, 0.3) is 0 Å². The van der Waals surface area contributed by atoms with Crippen LogP contribution in [-0.4, -0.2) is 63.7 Å².